The van der Waals surface area contributed by atoms with Crippen LogP contribution in [0.3, 0.4) is 0 Å². The van der Waals surface area contributed by atoms with Crippen molar-refractivity contribution in [2.75, 3.05) is 18.0 Å². The van der Waals surface area contributed by atoms with Crippen LogP contribution in [0.4, 0.5) is 5.69 Å². The summed E-state index contributed by atoms with van der Waals surface area (Å²) in [5.74, 6) is 0. The highest BCUT2D eigenvalue weighted by atomic mass is 15.1. The first-order valence-electron chi connectivity index (χ1n) is 10.9. The first-order valence-corrected chi connectivity index (χ1v) is 10.9. The number of anilines is 1. The van der Waals surface area contributed by atoms with Crippen LogP contribution in [0.25, 0.3) is 11.1 Å². The molecule has 1 saturated heterocycles. The van der Waals surface area contributed by atoms with E-state index in [0.717, 1.165) is 29.9 Å². The Morgan fingerprint density at radius 2 is 1.73 bits per heavy atom. The summed E-state index contributed by atoms with van der Waals surface area (Å²) in [6.07, 6.45) is 6.68. The molecule has 0 radical (unpaired) electrons. The van der Waals surface area contributed by atoms with Gasteiger partial charge in [-0.05, 0) is 55.5 Å². The molecule has 0 amide bonds. The van der Waals surface area contributed by atoms with Crippen LogP contribution in [0.1, 0.15) is 36.1 Å². The molecule has 1 fully saturated rings. The minimum atomic E-state index is 0.736. The van der Waals surface area contributed by atoms with E-state index in [0.29, 0.717) is 0 Å². The zero-order valence-corrected chi connectivity index (χ0v) is 17.9. The van der Waals surface area contributed by atoms with Crippen molar-refractivity contribution in [1.29, 1.82) is 0 Å². The maximum atomic E-state index is 4.67. The Balaban J connectivity index is 1.32. The predicted molar refractivity (Wildman–Crippen MR) is 127 cm³/mol. The number of pyridine rings is 1. The van der Waals surface area contributed by atoms with Crippen LogP contribution < -0.4 is 10.2 Å². The molecule has 1 aromatic heterocycles. The molecule has 3 nitrogen and oxygen atoms in total. The molecule has 1 N–H and O–H groups in total. The van der Waals surface area contributed by atoms with Crippen LogP contribution in [0, 0.1) is 6.92 Å². The smallest absolute Gasteiger partial charge is 0.0462 e. The van der Waals surface area contributed by atoms with Crippen molar-refractivity contribution in [3.8, 4) is 11.1 Å². The minimum absolute atomic E-state index is 0.736. The van der Waals surface area contributed by atoms with E-state index in [1.807, 2.05) is 6.20 Å². The standard InChI is InChI=1S/C27H31N3/c1-21-7-6-8-23(17-21)19-28-22(2)18-26-12-9-25(20-29-26)24-10-13-27(14-11-24)30-15-4-3-5-16-30/h6-14,17,20,28H,2-5,15-16,18-19H2,1H3. The molecule has 4 rings (SSSR count). The summed E-state index contributed by atoms with van der Waals surface area (Å²) in [6, 6.07) is 21.7. The molecule has 1 aliphatic heterocycles. The summed E-state index contributed by atoms with van der Waals surface area (Å²) in [5.41, 5.74) is 8.27. The molecule has 0 saturated carbocycles. The van der Waals surface area contributed by atoms with Gasteiger partial charge in [0.15, 0.2) is 0 Å². The summed E-state index contributed by atoms with van der Waals surface area (Å²) >= 11 is 0. The van der Waals surface area contributed by atoms with Gasteiger partial charge >= 0.3 is 0 Å². The van der Waals surface area contributed by atoms with E-state index in [4.69, 9.17) is 0 Å². The first kappa shape index (κ1) is 20.2. The zero-order chi connectivity index (χ0) is 20.8. The Morgan fingerprint density at radius 3 is 2.43 bits per heavy atom. The first-order chi connectivity index (χ1) is 14.7. The summed E-state index contributed by atoms with van der Waals surface area (Å²) in [5, 5.41) is 3.42. The molecule has 1 aliphatic rings. The second-order valence-corrected chi connectivity index (χ2v) is 8.26. The zero-order valence-electron chi connectivity index (χ0n) is 17.9. The second kappa shape index (κ2) is 9.62. The number of piperidine rings is 1. The van der Waals surface area contributed by atoms with Crippen molar-refractivity contribution in [3.63, 3.8) is 0 Å². The molecule has 2 heterocycles. The van der Waals surface area contributed by atoms with Crippen molar-refractivity contribution in [2.45, 2.75) is 39.2 Å². The van der Waals surface area contributed by atoms with Crippen molar-refractivity contribution in [3.05, 3.63) is 96.0 Å². The van der Waals surface area contributed by atoms with E-state index in [-0.39, 0.29) is 0 Å². The van der Waals surface area contributed by atoms with E-state index in [1.54, 1.807) is 0 Å². The third kappa shape index (κ3) is 5.29. The summed E-state index contributed by atoms with van der Waals surface area (Å²) in [4.78, 5) is 7.16. The molecule has 0 unspecified atom stereocenters. The lowest BCUT2D eigenvalue weighted by Gasteiger charge is -2.28. The van der Waals surface area contributed by atoms with Crippen LogP contribution in [0.5, 0.6) is 0 Å². The highest BCUT2D eigenvalue weighted by molar-refractivity contribution is 5.65. The number of aryl methyl sites for hydroxylation is 1. The van der Waals surface area contributed by atoms with Gasteiger partial charge in [0.2, 0.25) is 0 Å². The number of rotatable bonds is 7. The number of hydrogen-bond acceptors (Lipinski definition) is 3. The Bertz CT molecular complexity index is 968. The van der Waals surface area contributed by atoms with Crippen LogP contribution in [-0.4, -0.2) is 18.1 Å². The monoisotopic (exact) mass is 397 g/mol. The van der Waals surface area contributed by atoms with Gasteiger partial charge in [-0.1, -0.05) is 54.6 Å². The number of nitrogens with one attached hydrogen (secondary N) is 1. The largest absolute Gasteiger partial charge is 0.384 e. The van der Waals surface area contributed by atoms with Gasteiger partial charge < -0.3 is 10.2 Å². The van der Waals surface area contributed by atoms with Crippen LogP contribution in [0.15, 0.2) is 79.1 Å². The number of hydrogen-bond donors (Lipinski definition) is 1. The topological polar surface area (TPSA) is 28.2 Å². The maximum absolute atomic E-state index is 4.67. The van der Waals surface area contributed by atoms with E-state index < -0.39 is 0 Å². The Kier molecular flexibility index (Phi) is 6.48. The van der Waals surface area contributed by atoms with Gasteiger partial charge in [0, 0.05) is 54.9 Å². The fraction of sp³-hybridized carbons (Fsp3) is 0.296. The number of nitrogens with zero attached hydrogens (tertiary/aromatic N) is 2. The van der Waals surface area contributed by atoms with Crippen LogP contribution in [-0.2, 0) is 13.0 Å². The number of aromatic nitrogens is 1. The average Bonchev–Trinajstić information content (AvgIpc) is 2.79. The highest BCUT2D eigenvalue weighted by Crippen LogP contribution is 2.25. The lowest BCUT2D eigenvalue weighted by Crippen LogP contribution is -2.29. The third-order valence-corrected chi connectivity index (χ3v) is 5.77. The van der Waals surface area contributed by atoms with Gasteiger partial charge in [-0.25, -0.2) is 0 Å². The van der Waals surface area contributed by atoms with Gasteiger partial charge in [0.1, 0.15) is 0 Å². The molecule has 0 aliphatic carbocycles. The van der Waals surface area contributed by atoms with Crippen LogP contribution in [0.2, 0.25) is 0 Å². The van der Waals surface area contributed by atoms with Gasteiger partial charge in [-0.2, -0.15) is 0 Å². The molecule has 3 heteroatoms. The fourth-order valence-electron chi connectivity index (χ4n) is 4.05. The Hall–Kier alpha value is -3.07. The second-order valence-electron chi connectivity index (χ2n) is 8.26. The normalized spacial score (nSPS) is 13.8. The lowest BCUT2D eigenvalue weighted by molar-refractivity contribution is 0.578. The van der Waals surface area contributed by atoms with Gasteiger partial charge in [0.25, 0.3) is 0 Å². The van der Waals surface area contributed by atoms with E-state index in [9.17, 15) is 0 Å². The summed E-state index contributed by atoms with van der Waals surface area (Å²) in [6.45, 7) is 9.43. The fourth-order valence-corrected chi connectivity index (χ4v) is 4.05. The number of allylic oxidation sites excluding steroid dienone is 1. The van der Waals surface area contributed by atoms with Crippen LogP contribution >= 0.6 is 0 Å². The SMILES string of the molecule is C=C(Cc1ccc(-c2ccc(N3CCCCC3)cc2)cn1)NCc1cccc(C)c1. The van der Waals surface area contributed by atoms with Crippen molar-refractivity contribution in [2.24, 2.45) is 0 Å². The van der Waals surface area contributed by atoms with Gasteiger partial charge in [-0.15, -0.1) is 0 Å². The Morgan fingerprint density at radius 1 is 0.967 bits per heavy atom. The van der Waals surface area contributed by atoms with Gasteiger partial charge in [-0.3, -0.25) is 4.98 Å². The van der Waals surface area contributed by atoms with E-state index in [1.165, 1.54) is 54.7 Å². The highest BCUT2D eigenvalue weighted by Gasteiger charge is 2.11. The molecule has 3 aromatic rings. The molecule has 30 heavy (non-hydrogen) atoms. The summed E-state index contributed by atoms with van der Waals surface area (Å²) < 4.78 is 0. The molecule has 154 valence electrons. The van der Waals surface area contributed by atoms with Crippen molar-refractivity contribution in [1.82, 2.24) is 10.3 Å². The number of benzene rings is 2. The molecule has 0 bridgehead atoms. The molecular formula is C27H31N3. The molecule has 0 spiro atoms. The maximum Gasteiger partial charge on any atom is 0.0462 e. The lowest BCUT2D eigenvalue weighted by atomic mass is 10.0. The predicted octanol–water partition coefficient (Wildman–Crippen LogP) is 5.89. The average molecular weight is 398 g/mol. The molecule has 2 aromatic carbocycles. The van der Waals surface area contributed by atoms with E-state index in [2.05, 4.69) is 89.4 Å². The molecular weight excluding hydrogens is 366 g/mol. The summed E-state index contributed by atoms with van der Waals surface area (Å²) in [7, 11) is 0. The Labute approximate surface area is 180 Å². The minimum Gasteiger partial charge on any atom is -0.384 e. The third-order valence-electron chi connectivity index (χ3n) is 5.77. The van der Waals surface area contributed by atoms with Crippen molar-refractivity contribution < 1.29 is 0 Å². The molecule has 0 atom stereocenters. The quantitative estimate of drug-likeness (QED) is 0.538. The van der Waals surface area contributed by atoms with Crippen molar-refractivity contribution >= 4 is 5.69 Å². The van der Waals surface area contributed by atoms with Gasteiger partial charge in [0.05, 0.1) is 0 Å². The van der Waals surface area contributed by atoms with E-state index >= 15 is 0 Å².